The number of allylic oxidation sites excluding steroid dienone is 2. The Morgan fingerprint density at radius 3 is 1.95 bits per heavy atom. The smallest absolute Gasteiger partial charge is 0.374 e. The Morgan fingerprint density at radius 2 is 1.50 bits per heavy atom. The molecule has 2 bridgehead atoms. The summed E-state index contributed by atoms with van der Waals surface area (Å²) in [4.78, 5) is 0. The van der Waals surface area contributed by atoms with E-state index in [0.29, 0.717) is 24.2 Å². The highest BCUT2D eigenvalue weighted by Crippen LogP contribution is 2.47. The van der Waals surface area contributed by atoms with Crippen molar-refractivity contribution in [3.8, 4) is 0 Å². The standard InChI is InChI=1S/C15H20F6O/c16-14(17,18)13(22,15(19,20)21)7-3-1-2-4-11-8-10-5-6-12(11)9-10/h5-6,10-12,22H,1-4,7-9H2. The Morgan fingerprint density at radius 1 is 0.864 bits per heavy atom. The molecule has 1 fully saturated rings. The minimum absolute atomic E-state index is 0.270. The molecule has 0 aromatic heterocycles. The third kappa shape index (κ3) is 3.44. The molecule has 2 aliphatic rings. The minimum Gasteiger partial charge on any atom is -0.374 e. The van der Waals surface area contributed by atoms with E-state index in [1.54, 1.807) is 0 Å². The molecule has 0 spiro atoms. The summed E-state index contributed by atoms with van der Waals surface area (Å²) in [5.74, 6) is 1.65. The molecule has 1 saturated carbocycles. The topological polar surface area (TPSA) is 20.2 Å². The minimum atomic E-state index is -5.69. The Kier molecular flexibility index (Phi) is 4.85. The second kappa shape index (κ2) is 6.06. The van der Waals surface area contributed by atoms with Crippen molar-refractivity contribution in [1.82, 2.24) is 0 Å². The van der Waals surface area contributed by atoms with Crippen molar-refractivity contribution in [2.75, 3.05) is 0 Å². The molecular weight excluding hydrogens is 310 g/mol. The van der Waals surface area contributed by atoms with E-state index in [4.69, 9.17) is 5.11 Å². The molecule has 2 aliphatic carbocycles. The van der Waals surface area contributed by atoms with Gasteiger partial charge in [0.15, 0.2) is 0 Å². The molecule has 128 valence electrons. The Hall–Kier alpha value is -0.720. The van der Waals surface area contributed by atoms with Crippen LogP contribution in [0.25, 0.3) is 0 Å². The number of alkyl halides is 6. The molecule has 0 radical (unpaired) electrons. The highest BCUT2D eigenvalue weighted by molar-refractivity contribution is 5.09. The quantitative estimate of drug-likeness (QED) is 0.412. The lowest BCUT2D eigenvalue weighted by atomic mass is 9.88. The predicted molar refractivity (Wildman–Crippen MR) is 69.0 cm³/mol. The summed E-state index contributed by atoms with van der Waals surface area (Å²) in [7, 11) is 0. The number of fused-ring (bicyclic) bond motifs is 2. The van der Waals surface area contributed by atoms with Gasteiger partial charge in [-0.3, -0.25) is 0 Å². The molecule has 0 saturated heterocycles. The van der Waals surface area contributed by atoms with Gasteiger partial charge in [-0.1, -0.05) is 25.0 Å². The van der Waals surface area contributed by atoms with E-state index in [0.717, 1.165) is 19.3 Å². The van der Waals surface area contributed by atoms with Gasteiger partial charge in [0.1, 0.15) is 0 Å². The molecule has 3 atom stereocenters. The number of aliphatic hydroxyl groups is 1. The third-order valence-electron chi connectivity index (χ3n) is 4.97. The fourth-order valence-corrected chi connectivity index (χ4v) is 3.63. The molecule has 0 heterocycles. The molecule has 0 aromatic carbocycles. The average Bonchev–Trinajstić information content (AvgIpc) is 2.97. The summed E-state index contributed by atoms with van der Waals surface area (Å²) < 4.78 is 74.9. The Bertz CT molecular complexity index is 397. The number of halogens is 6. The maximum absolute atomic E-state index is 12.5. The van der Waals surface area contributed by atoms with Gasteiger partial charge < -0.3 is 5.11 Å². The lowest BCUT2D eigenvalue weighted by Gasteiger charge is -2.32. The fourth-order valence-electron chi connectivity index (χ4n) is 3.63. The zero-order valence-electron chi connectivity index (χ0n) is 12.1. The summed E-state index contributed by atoms with van der Waals surface area (Å²) in [6, 6.07) is 0. The Balaban J connectivity index is 1.74. The van der Waals surface area contributed by atoms with E-state index in [-0.39, 0.29) is 12.8 Å². The number of rotatable bonds is 6. The monoisotopic (exact) mass is 330 g/mol. The Labute approximate surface area is 125 Å². The SMILES string of the molecule is OC(CCCCCC1CC2C=CC1C2)(C(F)(F)F)C(F)(F)F. The van der Waals surface area contributed by atoms with Gasteiger partial charge in [-0.25, -0.2) is 0 Å². The number of hydrogen-bond acceptors (Lipinski definition) is 1. The van der Waals surface area contributed by atoms with Gasteiger partial charge in [0, 0.05) is 0 Å². The van der Waals surface area contributed by atoms with E-state index in [9.17, 15) is 26.3 Å². The van der Waals surface area contributed by atoms with Crippen molar-refractivity contribution in [2.24, 2.45) is 17.8 Å². The van der Waals surface area contributed by atoms with Crippen molar-refractivity contribution in [3.63, 3.8) is 0 Å². The molecule has 7 heteroatoms. The molecule has 1 N–H and O–H groups in total. The second-order valence-electron chi connectivity index (χ2n) is 6.50. The summed E-state index contributed by atoms with van der Waals surface area (Å²) in [5.41, 5.74) is -4.59. The van der Waals surface area contributed by atoms with Crippen LogP contribution in [-0.4, -0.2) is 23.1 Å². The number of unbranched alkanes of at least 4 members (excludes halogenated alkanes) is 2. The first-order valence-corrected chi connectivity index (χ1v) is 7.59. The molecule has 1 nitrogen and oxygen atoms in total. The van der Waals surface area contributed by atoms with Crippen molar-refractivity contribution in [3.05, 3.63) is 12.2 Å². The van der Waals surface area contributed by atoms with Crippen LogP contribution in [0.3, 0.4) is 0 Å². The first-order chi connectivity index (χ1) is 10.0. The van der Waals surface area contributed by atoms with E-state index in [2.05, 4.69) is 12.2 Å². The van der Waals surface area contributed by atoms with Crippen molar-refractivity contribution >= 4 is 0 Å². The largest absolute Gasteiger partial charge is 0.426 e. The summed E-state index contributed by atoms with van der Waals surface area (Å²) >= 11 is 0. The van der Waals surface area contributed by atoms with E-state index in [1.165, 1.54) is 0 Å². The van der Waals surface area contributed by atoms with Crippen LogP contribution in [0, 0.1) is 17.8 Å². The van der Waals surface area contributed by atoms with E-state index < -0.39 is 24.4 Å². The summed E-state index contributed by atoms with van der Waals surface area (Å²) in [6.07, 6.45) is -4.72. The molecule has 2 rings (SSSR count). The maximum atomic E-state index is 12.5. The van der Waals surface area contributed by atoms with Gasteiger partial charge in [-0.2, -0.15) is 26.3 Å². The zero-order valence-corrected chi connectivity index (χ0v) is 12.1. The van der Waals surface area contributed by atoms with Crippen LogP contribution in [0.5, 0.6) is 0 Å². The highest BCUT2D eigenvalue weighted by Gasteiger charge is 2.69. The van der Waals surface area contributed by atoms with Crippen LogP contribution in [0.2, 0.25) is 0 Å². The van der Waals surface area contributed by atoms with Gasteiger partial charge in [-0.05, 0) is 49.9 Å². The van der Waals surface area contributed by atoms with Crippen molar-refractivity contribution < 1.29 is 31.4 Å². The molecule has 0 aliphatic heterocycles. The normalized spacial score (nSPS) is 28.6. The highest BCUT2D eigenvalue weighted by atomic mass is 19.4. The summed E-state index contributed by atoms with van der Waals surface area (Å²) in [5, 5.41) is 9.02. The molecule has 0 amide bonds. The van der Waals surface area contributed by atoms with Crippen LogP contribution >= 0.6 is 0 Å². The maximum Gasteiger partial charge on any atom is 0.426 e. The van der Waals surface area contributed by atoms with E-state index in [1.807, 2.05) is 0 Å². The van der Waals surface area contributed by atoms with Gasteiger partial charge in [0.25, 0.3) is 5.60 Å². The third-order valence-corrected chi connectivity index (χ3v) is 4.97. The summed E-state index contributed by atoms with van der Waals surface area (Å²) in [6.45, 7) is 0. The lowest BCUT2D eigenvalue weighted by molar-refractivity contribution is -0.370. The van der Waals surface area contributed by atoms with Crippen LogP contribution in [0.15, 0.2) is 12.2 Å². The molecule has 0 aromatic rings. The number of hydrogen-bond donors (Lipinski definition) is 1. The van der Waals surface area contributed by atoms with Crippen molar-refractivity contribution in [2.45, 2.75) is 62.9 Å². The van der Waals surface area contributed by atoms with Gasteiger partial charge in [-0.15, -0.1) is 0 Å². The first kappa shape index (κ1) is 17.6. The second-order valence-corrected chi connectivity index (χ2v) is 6.50. The molecule has 22 heavy (non-hydrogen) atoms. The predicted octanol–water partition coefficient (Wildman–Crippen LogP) is 5.00. The lowest BCUT2D eigenvalue weighted by Crippen LogP contribution is -2.56. The van der Waals surface area contributed by atoms with Crippen LogP contribution < -0.4 is 0 Å². The average molecular weight is 330 g/mol. The zero-order chi connectivity index (χ0) is 16.6. The van der Waals surface area contributed by atoms with Gasteiger partial charge >= 0.3 is 12.4 Å². The van der Waals surface area contributed by atoms with Crippen LogP contribution in [0.4, 0.5) is 26.3 Å². The van der Waals surface area contributed by atoms with E-state index >= 15 is 0 Å². The van der Waals surface area contributed by atoms with Crippen molar-refractivity contribution in [1.29, 1.82) is 0 Å². The van der Waals surface area contributed by atoms with Crippen LogP contribution in [-0.2, 0) is 0 Å². The first-order valence-electron chi connectivity index (χ1n) is 7.59. The molecular formula is C15H20F6O. The molecule has 3 unspecified atom stereocenters. The fraction of sp³-hybridized carbons (Fsp3) is 0.867. The van der Waals surface area contributed by atoms with Gasteiger partial charge in [0.2, 0.25) is 0 Å². The van der Waals surface area contributed by atoms with Gasteiger partial charge in [0.05, 0.1) is 0 Å². The van der Waals surface area contributed by atoms with Crippen LogP contribution in [0.1, 0.15) is 44.9 Å².